The summed E-state index contributed by atoms with van der Waals surface area (Å²) >= 11 is 0. The fourth-order valence-electron chi connectivity index (χ4n) is 1.51. The number of carbonyl (C=O) groups is 1. The molecule has 0 radical (unpaired) electrons. The monoisotopic (exact) mass is 263 g/mol. The number of amides is 2. The molecule has 0 aliphatic rings. The van der Waals surface area contributed by atoms with Crippen LogP contribution in [0.3, 0.4) is 0 Å². The molecule has 0 spiro atoms. The summed E-state index contributed by atoms with van der Waals surface area (Å²) in [5.74, 6) is 0.448. The van der Waals surface area contributed by atoms with Crippen LogP contribution in [-0.4, -0.2) is 24.0 Å². The van der Waals surface area contributed by atoms with Gasteiger partial charge in [-0.05, 0) is 31.0 Å². The summed E-state index contributed by atoms with van der Waals surface area (Å²) in [6, 6.07) is 2.61. The van der Waals surface area contributed by atoms with Crippen molar-refractivity contribution in [1.29, 1.82) is 0 Å². The summed E-state index contributed by atoms with van der Waals surface area (Å²) in [4.78, 5) is 10.5. The Balaban J connectivity index is 3.06. The summed E-state index contributed by atoms with van der Waals surface area (Å²) in [6.45, 7) is 5.88. The molecule has 102 valence electrons. The van der Waals surface area contributed by atoms with Crippen LogP contribution in [0.1, 0.15) is 18.1 Å². The number of hydrogen-bond donors (Lipinski definition) is 3. The van der Waals surface area contributed by atoms with Crippen LogP contribution in [0.25, 0.3) is 0 Å². The number of ether oxygens (including phenoxy) is 1. The molecule has 0 unspecified atom stereocenters. The van der Waals surface area contributed by atoms with E-state index in [2.05, 4.69) is 17.1 Å². The minimum absolute atomic E-state index is 0.0850. The van der Waals surface area contributed by atoms with Gasteiger partial charge >= 0.3 is 6.03 Å². The second-order valence-corrected chi connectivity index (χ2v) is 3.69. The zero-order chi connectivity index (χ0) is 14.3. The highest BCUT2D eigenvalue weighted by atomic mass is 16.5. The summed E-state index contributed by atoms with van der Waals surface area (Å²) in [5.41, 5.74) is 8.33. The number of nitrogens with two attached hydrogens (primary N) is 1. The first-order valence-electron chi connectivity index (χ1n) is 5.76. The fraction of sp³-hybridized carbons (Fsp3) is 0.231. The molecule has 0 fully saturated rings. The van der Waals surface area contributed by atoms with Crippen molar-refractivity contribution in [1.82, 2.24) is 5.43 Å². The van der Waals surface area contributed by atoms with Crippen molar-refractivity contribution in [2.75, 3.05) is 6.61 Å². The van der Waals surface area contributed by atoms with Crippen LogP contribution in [0.4, 0.5) is 4.79 Å². The predicted octanol–water partition coefficient (Wildman–Crippen LogP) is 1.52. The lowest BCUT2D eigenvalue weighted by Gasteiger charge is -2.10. The summed E-state index contributed by atoms with van der Waals surface area (Å²) in [6.07, 6.45) is 3.59. The summed E-state index contributed by atoms with van der Waals surface area (Å²) in [5, 5.41) is 13.6. The van der Waals surface area contributed by atoms with E-state index in [1.165, 1.54) is 6.21 Å². The van der Waals surface area contributed by atoms with Crippen molar-refractivity contribution in [2.24, 2.45) is 10.8 Å². The first-order valence-corrected chi connectivity index (χ1v) is 5.76. The second kappa shape index (κ2) is 7.05. The van der Waals surface area contributed by atoms with Crippen LogP contribution in [0.15, 0.2) is 29.9 Å². The van der Waals surface area contributed by atoms with E-state index in [1.54, 1.807) is 18.2 Å². The Bertz CT molecular complexity index is 498. The van der Waals surface area contributed by atoms with Crippen LogP contribution in [0, 0.1) is 0 Å². The predicted molar refractivity (Wildman–Crippen MR) is 73.5 cm³/mol. The molecular formula is C13H17N3O3. The molecule has 1 rings (SSSR count). The van der Waals surface area contributed by atoms with E-state index in [0.29, 0.717) is 29.9 Å². The van der Waals surface area contributed by atoms with E-state index in [9.17, 15) is 9.90 Å². The molecule has 0 aliphatic carbocycles. The largest absolute Gasteiger partial charge is 0.504 e. The number of hydrogen-bond acceptors (Lipinski definition) is 4. The van der Waals surface area contributed by atoms with E-state index in [4.69, 9.17) is 10.5 Å². The number of urea groups is 1. The van der Waals surface area contributed by atoms with Gasteiger partial charge in [0, 0.05) is 5.56 Å². The molecule has 0 aliphatic heterocycles. The van der Waals surface area contributed by atoms with Gasteiger partial charge in [-0.1, -0.05) is 6.08 Å². The highest BCUT2D eigenvalue weighted by Gasteiger charge is 2.09. The number of nitrogens with one attached hydrogen (secondary N) is 1. The number of benzene rings is 1. The fourth-order valence-corrected chi connectivity index (χ4v) is 1.51. The molecule has 0 atom stereocenters. The quantitative estimate of drug-likeness (QED) is 0.412. The van der Waals surface area contributed by atoms with E-state index < -0.39 is 6.03 Å². The van der Waals surface area contributed by atoms with Gasteiger partial charge in [0.25, 0.3) is 0 Å². The molecule has 1 aromatic rings. The molecule has 6 heteroatoms. The van der Waals surface area contributed by atoms with Crippen LogP contribution in [-0.2, 0) is 6.42 Å². The van der Waals surface area contributed by atoms with Gasteiger partial charge in [-0.2, -0.15) is 5.10 Å². The Labute approximate surface area is 111 Å². The number of carbonyl (C=O) groups excluding carboxylic acids is 1. The van der Waals surface area contributed by atoms with Crippen LogP contribution in [0.2, 0.25) is 0 Å². The van der Waals surface area contributed by atoms with E-state index in [-0.39, 0.29) is 5.75 Å². The zero-order valence-corrected chi connectivity index (χ0v) is 10.7. The number of hydrazone groups is 1. The van der Waals surface area contributed by atoms with Gasteiger partial charge in [0.05, 0.1) is 12.8 Å². The normalized spacial score (nSPS) is 10.4. The summed E-state index contributed by atoms with van der Waals surface area (Å²) in [7, 11) is 0. The third-order valence-electron chi connectivity index (χ3n) is 2.23. The number of primary amides is 1. The minimum Gasteiger partial charge on any atom is -0.504 e. The molecule has 0 bridgehead atoms. The molecule has 6 nitrogen and oxygen atoms in total. The van der Waals surface area contributed by atoms with Crippen LogP contribution < -0.4 is 15.9 Å². The van der Waals surface area contributed by atoms with Gasteiger partial charge in [0.2, 0.25) is 0 Å². The molecule has 0 heterocycles. The molecule has 0 saturated carbocycles. The van der Waals surface area contributed by atoms with Crippen molar-refractivity contribution in [3.05, 3.63) is 35.9 Å². The minimum atomic E-state index is -0.744. The highest BCUT2D eigenvalue weighted by Crippen LogP contribution is 2.31. The van der Waals surface area contributed by atoms with Crippen LogP contribution in [0.5, 0.6) is 11.5 Å². The standard InChI is InChI=1S/C13H17N3O3/c1-3-5-10-6-9(8-15-16-13(14)18)7-11(12(10)17)19-4-2/h3,6-8,17H,1,4-5H2,2H3,(H3,14,16,18)/b15-8-. The number of rotatable bonds is 6. The third-order valence-corrected chi connectivity index (χ3v) is 2.23. The molecule has 19 heavy (non-hydrogen) atoms. The lowest BCUT2D eigenvalue weighted by molar-refractivity contribution is 0.249. The number of nitrogens with zero attached hydrogens (tertiary/aromatic N) is 1. The maximum Gasteiger partial charge on any atom is 0.332 e. The highest BCUT2D eigenvalue weighted by molar-refractivity contribution is 5.83. The second-order valence-electron chi connectivity index (χ2n) is 3.69. The molecular weight excluding hydrogens is 246 g/mol. The maximum absolute atomic E-state index is 10.5. The summed E-state index contributed by atoms with van der Waals surface area (Å²) < 4.78 is 5.33. The molecule has 0 saturated heterocycles. The van der Waals surface area contributed by atoms with Crippen molar-refractivity contribution < 1.29 is 14.6 Å². The van der Waals surface area contributed by atoms with Crippen LogP contribution >= 0.6 is 0 Å². The molecule has 1 aromatic carbocycles. The smallest absolute Gasteiger partial charge is 0.332 e. The third kappa shape index (κ3) is 4.34. The lowest BCUT2D eigenvalue weighted by atomic mass is 10.1. The topological polar surface area (TPSA) is 96.9 Å². The zero-order valence-electron chi connectivity index (χ0n) is 10.7. The van der Waals surface area contributed by atoms with Crippen molar-refractivity contribution in [3.63, 3.8) is 0 Å². The molecule has 4 N–H and O–H groups in total. The number of allylic oxidation sites excluding steroid dienone is 1. The van der Waals surface area contributed by atoms with E-state index >= 15 is 0 Å². The average Bonchev–Trinajstić information content (AvgIpc) is 2.35. The average molecular weight is 263 g/mol. The van der Waals surface area contributed by atoms with Crippen molar-refractivity contribution in [2.45, 2.75) is 13.3 Å². The van der Waals surface area contributed by atoms with Gasteiger partial charge < -0.3 is 15.6 Å². The van der Waals surface area contributed by atoms with Gasteiger partial charge in [-0.3, -0.25) is 0 Å². The van der Waals surface area contributed by atoms with Crippen molar-refractivity contribution >= 4 is 12.2 Å². The first kappa shape index (κ1) is 14.6. The van der Waals surface area contributed by atoms with Gasteiger partial charge in [0.15, 0.2) is 11.5 Å². The number of phenolic OH excluding ortho intramolecular Hbond substituents is 1. The molecule has 0 aromatic heterocycles. The Morgan fingerprint density at radius 1 is 1.63 bits per heavy atom. The number of aromatic hydroxyl groups is 1. The Morgan fingerprint density at radius 2 is 2.37 bits per heavy atom. The van der Waals surface area contributed by atoms with Gasteiger partial charge in [0.1, 0.15) is 0 Å². The van der Waals surface area contributed by atoms with Gasteiger partial charge in [-0.25, -0.2) is 10.2 Å². The number of phenols is 1. The SMILES string of the molecule is C=CCc1cc(/C=N\NC(N)=O)cc(OCC)c1O. The Kier molecular flexibility index (Phi) is 5.40. The molecule has 2 amide bonds. The van der Waals surface area contributed by atoms with E-state index in [1.807, 2.05) is 6.92 Å². The Morgan fingerprint density at radius 3 is 2.95 bits per heavy atom. The maximum atomic E-state index is 10.5. The van der Waals surface area contributed by atoms with Gasteiger partial charge in [-0.15, -0.1) is 6.58 Å². The lowest BCUT2D eigenvalue weighted by Crippen LogP contribution is -2.24. The van der Waals surface area contributed by atoms with E-state index in [0.717, 1.165) is 0 Å². The Hall–Kier alpha value is -2.50. The van der Waals surface area contributed by atoms with Crippen molar-refractivity contribution in [3.8, 4) is 11.5 Å². The first-order chi connectivity index (χ1) is 9.08.